The summed E-state index contributed by atoms with van der Waals surface area (Å²) in [7, 11) is 0. The van der Waals surface area contributed by atoms with Gasteiger partial charge in [-0.3, -0.25) is 9.79 Å². The summed E-state index contributed by atoms with van der Waals surface area (Å²) in [6.07, 6.45) is 2.27. The predicted octanol–water partition coefficient (Wildman–Crippen LogP) is 1.77. The molecule has 0 aliphatic heterocycles. The van der Waals surface area contributed by atoms with Crippen LogP contribution in [0.4, 0.5) is 5.69 Å². The SMILES string of the molecule is CC(=O)Nc1cccc(C(C)NC(N)=NC2CC2)c1. The van der Waals surface area contributed by atoms with Gasteiger partial charge in [-0.05, 0) is 37.5 Å². The number of nitrogens with two attached hydrogens (primary N) is 1. The number of hydrogen-bond donors (Lipinski definition) is 3. The Kier molecular flexibility index (Phi) is 4.04. The van der Waals surface area contributed by atoms with Crippen LogP contribution < -0.4 is 16.4 Å². The number of guanidine groups is 1. The van der Waals surface area contributed by atoms with Gasteiger partial charge in [0.2, 0.25) is 5.91 Å². The molecule has 1 aliphatic carbocycles. The van der Waals surface area contributed by atoms with Crippen molar-refractivity contribution in [2.24, 2.45) is 10.7 Å². The average Bonchev–Trinajstić information content (AvgIpc) is 3.12. The lowest BCUT2D eigenvalue weighted by molar-refractivity contribution is -0.114. The van der Waals surface area contributed by atoms with Crippen LogP contribution in [0, 0.1) is 0 Å². The van der Waals surface area contributed by atoms with Gasteiger partial charge in [0.25, 0.3) is 0 Å². The zero-order valence-corrected chi connectivity index (χ0v) is 11.3. The molecule has 1 unspecified atom stereocenters. The van der Waals surface area contributed by atoms with E-state index in [2.05, 4.69) is 15.6 Å². The molecule has 1 fully saturated rings. The van der Waals surface area contributed by atoms with Gasteiger partial charge in [-0.1, -0.05) is 12.1 Å². The van der Waals surface area contributed by atoms with Crippen LogP contribution >= 0.6 is 0 Å². The van der Waals surface area contributed by atoms with Gasteiger partial charge in [0.15, 0.2) is 5.96 Å². The molecule has 0 spiro atoms. The van der Waals surface area contributed by atoms with Gasteiger partial charge < -0.3 is 16.4 Å². The van der Waals surface area contributed by atoms with Gasteiger partial charge in [0.1, 0.15) is 0 Å². The molecule has 1 saturated carbocycles. The molecule has 0 radical (unpaired) electrons. The fourth-order valence-corrected chi connectivity index (χ4v) is 1.83. The minimum Gasteiger partial charge on any atom is -0.370 e. The molecule has 1 aliphatic rings. The number of carbonyl (C=O) groups is 1. The maximum atomic E-state index is 11.0. The molecular weight excluding hydrogens is 240 g/mol. The molecule has 102 valence electrons. The first-order chi connectivity index (χ1) is 9.04. The molecule has 1 atom stereocenters. The number of rotatable bonds is 4. The maximum absolute atomic E-state index is 11.0. The number of amides is 1. The van der Waals surface area contributed by atoms with E-state index >= 15 is 0 Å². The molecule has 2 rings (SSSR count). The fourth-order valence-electron chi connectivity index (χ4n) is 1.83. The van der Waals surface area contributed by atoms with Crippen molar-refractivity contribution in [2.45, 2.75) is 38.8 Å². The molecule has 1 aromatic rings. The third kappa shape index (κ3) is 4.28. The van der Waals surface area contributed by atoms with Crippen LogP contribution in [0.15, 0.2) is 29.3 Å². The van der Waals surface area contributed by atoms with Crippen LogP contribution in [0.25, 0.3) is 0 Å². The number of aliphatic imine (C=N–C) groups is 1. The molecule has 0 heterocycles. The Hall–Kier alpha value is -2.04. The summed E-state index contributed by atoms with van der Waals surface area (Å²) in [5.41, 5.74) is 7.68. The molecule has 1 aromatic carbocycles. The second kappa shape index (κ2) is 5.73. The predicted molar refractivity (Wildman–Crippen MR) is 76.9 cm³/mol. The Morgan fingerprint density at radius 3 is 2.84 bits per heavy atom. The van der Waals surface area contributed by atoms with Crippen LogP contribution in [0.3, 0.4) is 0 Å². The summed E-state index contributed by atoms with van der Waals surface area (Å²) in [4.78, 5) is 15.4. The summed E-state index contributed by atoms with van der Waals surface area (Å²) in [5.74, 6) is 0.410. The molecule has 0 bridgehead atoms. The average molecular weight is 260 g/mol. The summed E-state index contributed by atoms with van der Waals surface area (Å²) in [5, 5.41) is 5.93. The zero-order valence-electron chi connectivity index (χ0n) is 11.3. The molecule has 4 N–H and O–H groups in total. The Morgan fingerprint density at radius 1 is 1.47 bits per heavy atom. The third-order valence-corrected chi connectivity index (χ3v) is 2.94. The Morgan fingerprint density at radius 2 is 2.21 bits per heavy atom. The van der Waals surface area contributed by atoms with Crippen molar-refractivity contribution in [1.29, 1.82) is 0 Å². The van der Waals surface area contributed by atoms with Gasteiger partial charge >= 0.3 is 0 Å². The fraction of sp³-hybridized carbons (Fsp3) is 0.429. The number of carbonyl (C=O) groups excluding carboxylic acids is 1. The first kappa shape index (κ1) is 13.4. The Bertz CT molecular complexity index is 494. The molecule has 5 heteroatoms. The van der Waals surface area contributed by atoms with E-state index in [-0.39, 0.29) is 11.9 Å². The highest BCUT2D eigenvalue weighted by Gasteiger charge is 2.20. The first-order valence-corrected chi connectivity index (χ1v) is 6.52. The van der Waals surface area contributed by atoms with Crippen molar-refractivity contribution in [3.8, 4) is 0 Å². The van der Waals surface area contributed by atoms with E-state index in [1.54, 1.807) is 0 Å². The van der Waals surface area contributed by atoms with Crippen LogP contribution in [0.2, 0.25) is 0 Å². The zero-order chi connectivity index (χ0) is 13.8. The largest absolute Gasteiger partial charge is 0.370 e. The van der Waals surface area contributed by atoms with E-state index < -0.39 is 0 Å². The monoisotopic (exact) mass is 260 g/mol. The van der Waals surface area contributed by atoms with E-state index in [0.717, 1.165) is 24.1 Å². The van der Waals surface area contributed by atoms with Crippen LogP contribution in [0.5, 0.6) is 0 Å². The number of nitrogens with zero attached hydrogens (tertiary/aromatic N) is 1. The van der Waals surface area contributed by atoms with Crippen molar-refractivity contribution in [3.05, 3.63) is 29.8 Å². The smallest absolute Gasteiger partial charge is 0.221 e. The number of nitrogens with one attached hydrogen (secondary N) is 2. The quantitative estimate of drug-likeness (QED) is 0.570. The minimum absolute atomic E-state index is 0.0520. The number of anilines is 1. The molecular formula is C14H20N4O. The summed E-state index contributed by atoms with van der Waals surface area (Å²) < 4.78 is 0. The molecule has 1 amide bonds. The van der Waals surface area contributed by atoms with Gasteiger partial charge in [0, 0.05) is 12.6 Å². The van der Waals surface area contributed by atoms with Gasteiger partial charge in [-0.15, -0.1) is 0 Å². The highest BCUT2D eigenvalue weighted by molar-refractivity contribution is 5.88. The Labute approximate surface area is 113 Å². The van der Waals surface area contributed by atoms with Gasteiger partial charge in [-0.25, -0.2) is 0 Å². The maximum Gasteiger partial charge on any atom is 0.221 e. The van der Waals surface area contributed by atoms with E-state index in [1.807, 2.05) is 31.2 Å². The van der Waals surface area contributed by atoms with E-state index in [9.17, 15) is 4.79 Å². The van der Waals surface area contributed by atoms with Crippen molar-refractivity contribution in [2.75, 3.05) is 5.32 Å². The first-order valence-electron chi connectivity index (χ1n) is 6.52. The highest BCUT2D eigenvalue weighted by Crippen LogP contribution is 2.23. The summed E-state index contributed by atoms with van der Waals surface area (Å²) >= 11 is 0. The van der Waals surface area contributed by atoms with E-state index in [4.69, 9.17) is 5.73 Å². The van der Waals surface area contributed by atoms with Crippen LogP contribution in [-0.2, 0) is 4.79 Å². The summed E-state index contributed by atoms with van der Waals surface area (Å²) in [6, 6.07) is 8.16. The number of hydrogen-bond acceptors (Lipinski definition) is 2. The van der Waals surface area contributed by atoms with Gasteiger partial charge in [0.05, 0.1) is 12.1 Å². The normalized spacial score (nSPS) is 16.8. The van der Waals surface area contributed by atoms with Gasteiger partial charge in [-0.2, -0.15) is 0 Å². The van der Waals surface area contributed by atoms with Crippen molar-refractivity contribution in [3.63, 3.8) is 0 Å². The third-order valence-electron chi connectivity index (χ3n) is 2.94. The van der Waals surface area contributed by atoms with Crippen molar-refractivity contribution < 1.29 is 4.79 Å². The highest BCUT2D eigenvalue weighted by atomic mass is 16.1. The van der Waals surface area contributed by atoms with Crippen LogP contribution in [0.1, 0.15) is 38.3 Å². The minimum atomic E-state index is -0.0763. The number of benzene rings is 1. The van der Waals surface area contributed by atoms with E-state index in [0.29, 0.717) is 12.0 Å². The molecule has 5 nitrogen and oxygen atoms in total. The lowest BCUT2D eigenvalue weighted by Gasteiger charge is -2.16. The second-order valence-electron chi connectivity index (χ2n) is 4.92. The Balaban J connectivity index is 2.01. The van der Waals surface area contributed by atoms with Crippen LogP contribution in [-0.4, -0.2) is 17.9 Å². The molecule has 0 aromatic heterocycles. The van der Waals surface area contributed by atoms with Crippen molar-refractivity contribution >= 4 is 17.6 Å². The van der Waals surface area contributed by atoms with Crippen molar-refractivity contribution in [1.82, 2.24) is 5.32 Å². The second-order valence-corrected chi connectivity index (χ2v) is 4.92. The molecule has 0 saturated heterocycles. The van der Waals surface area contributed by atoms with E-state index in [1.165, 1.54) is 6.92 Å². The molecule has 19 heavy (non-hydrogen) atoms. The topological polar surface area (TPSA) is 79.5 Å². The standard InChI is InChI=1S/C14H20N4O/c1-9(16-14(15)18-12-6-7-12)11-4-3-5-13(8-11)17-10(2)19/h3-5,8-9,12H,6-7H2,1-2H3,(H,17,19)(H3,15,16,18). The lowest BCUT2D eigenvalue weighted by atomic mass is 10.1. The lowest BCUT2D eigenvalue weighted by Crippen LogP contribution is -2.34. The summed E-state index contributed by atoms with van der Waals surface area (Å²) in [6.45, 7) is 3.51.